The highest BCUT2D eigenvalue weighted by Crippen LogP contribution is 2.03. The van der Waals surface area contributed by atoms with Crippen LogP contribution in [0.2, 0.25) is 0 Å². The molecule has 0 atom stereocenters. The molecule has 6 heteroatoms. The number of pyridine rings is 1. The van der Waals surface area contributed by atoms with E-state index in [0.29, 0.717) is 5.56 Å². The first kappa shape index (κ1) is 13.2. The number of hydrogen-bond acceptors (Lipinski definition) is 4. The van der Waals surface area contributed by atoms with Gasteiger partial charge in [-0.1, -0.05) is 36.4 Å². The van der Waals surface area contributed by atoms with E-state index in [1.165, 1.54) is 6.21 Å². The standard InChI is InChI=1S/C13H13N3O2S/c17-19(18,11-12-5-2-1-3-6-12)16-15-10-13-7-4-8-14-9-13/h1-10,16H,11H2/b15-10+. The normalized spacial score (nSPS) is 11.6. The lowest BCUT2D eigenvalue weighted by Gasteiger charge is -2.02. The first-order valence-corrected chi connectivity index (χ1v) is 7.27. The van der Waals surface area contributed by atoms with E-state index < -0.39 is 10.0 Å². The molecule has 0 unspecified atom stereocenters. The van der Waals surface area contributed by atoms with E-state index in [1.54, 1.807) is 48.8 Å². The number of sulfonamides is 1. The summed E-state index contributed by atoms with van der Waals surface area (Å²) < 4.78 is 23.5. The molecule has 0 saturated carbocycles. The van der Waals surface area contributed by atoms with E-state index in [9.17, 15) is 8.42 Å². The minimum Gasteiger partial charge on any atom is -0.264 e. The first-order chi connectivity index (χ1) is 9.16. The highest BCUT2D eigenvalue weighted by molar-refractivity contribution is 7.88. The van der Waals surface area contributed by atoms with Crippen molar-refractivity contribution in [3.05, 3.63) is 66.0 Å². The van der Waals surface area contributed by atoms with Crippen molar-refractivity contribution in [2.24, 2.45) is 5.10 Å². The minimum absolute atomic E-state index is 0.0990. The third-order valence-corrected chi connectivity index (χ3v) is 3.39. The molecule has 0 aliphatic rings. The van der Waals surface area contributed by atoms with Crippen LogP contribution < -0.4 is 4.83 Å². The number of hydrogen-bond donors (Lipinski definition) is 1. The Kier molecular flexibility index (Phi) is 4.25. The number of aromatic nitrogens is 1. The molecule has 0 saturated heterocycles. The molecule has 0 fully saturated rings. The summed E-state index contributed by atoms with van der Waals surface area (Å²) in [6.07, 6.45) is 4.64. The molecule has 1 aromatic carbocycles. The van der Waals surface area contributed by atoms with Gasteiger partial charge in [0.1, 0.15) is 0 Å². The van der Waals surface area contributed by atoms with Crippen molar-refractivity contribution < 1.29 is 8.42 Å². The largest absolute Gasteiger partial charge is 0.264 e. The summed E-state index contributed by atoms with van der Waals surface area (Å²) in [5.74, 6) is -0.0990. The molecule has 1 heterocycles. The van der Waals surface area contributed by atoms with Gasteiger partial charge in [0.25, 0.3) is 10.0 Å². The molecule has 0 spiro atoms. The van der Waals surface area contributed by atoms with Crippen molar-refractivity contribution in [1.29, 1.82) is 0 Å². The van der Waals surface area contributed by atoms with Crippen LogP contribution in [0.1, 0.15) is 11.1 Å². The molecule has 0 amide bonds. The zero-order valence-electron chi connectivity index (χ0n) is 10.1. The molecule has 19 heavy (non-hydrogen) atoms. The van der Waals surface area contributed by atoms with Crippen molar-refractivity contribution in [3.8, 4) is 0 Å². The second-order valence-electron chi connectivity index (χ2n) is 3.88. The van der Waals surface area contributed by atoms with Crippen LogP contribution in [0, 0.1) is 0 Å². The Morgan fingerprint density at radius 3 is 2.63 bits per heavy atom. The lowest BCUT2D eigenvalue weighted by molar-refractivity contribution is 0.584. The lowest BCUT2D eigenvalue weighted by atomic mass is 10.2. The van der Waals surface area contributed by atoms with E-state index in [0.717, 1.165) is 5.56 Å². The predicted molar refractivity (Wildman–Crippen MR) is 74.0 cm³/mol. The second kappa shape index (κ2) is 6.10. The van der Waals surface area contributed by atoms with E-state index in [1.807, 2.05) is 6.07 Å². The van der Waals surface area contributed by atoms with Gasteiger partial charge in [0.05, 0.1) is 12.0 Å². The molecule has 2 rings (SSSR count). The molecule has 0 bridgehead atoms. The van der Waals surface area contributed by atoms with Gasteiger partial charge in [-0.15, -0.1) is 0 Å². The Morgan fingerprint density at radius 1 is 1.16 bits per heavy atom. The molecule has 98 valence electrons. The summed E-state index contributed by atoms with van der Waals surface area (Å²) in [6, 6.07) is 12.5. The van der Waals surface area contributed by atoms with Gasteiger partial charge < -0.3 is 0 Å². The average Bonchev–Trinajstić information content (AvgIpc) is 2.40. The summed E-state index contributed by atoms with van der Waals surface area (Å²) in [4.78, 5) is 6.07. The molecule has 2 aromatic rings. The summed E-state index contributed by atoms with van der Waals surface area (Å²) in [6.45, 7) is 0. The van der Waals surface area contributed by atoms with Crippen LogP contribution in [-0.2, 0) is 15.8 Å². The molecular formula is C13H13N3O2S. The van der Waals surface area contributed by atoms with Crippen molar-refractivity contribution >= 4 is 16.2 Å². The number of benzene rings is 1. The maximum Gasteiger partial charge on any atom is 0.251 e. The van der Waals surface area contributed by atoms with Gasteiger partial charge in [0.2, 0.25) is 0 Å². The smallest absolute Gasteiger partial charge is 0.251 e. The van der Waals surface area contributed by atoms with Crippen LogP contribution in [0.5, 0.6) is 0 Å². The molecule has 1 aromatic heterocycles. The zero-order chi connectivity index (χ0) is 13.6. The monoisotopic (exact) mass is 275 g/mol. The summed E-state index contributed by atoms with van der Waals surface area (Å²) in [5, 5.41) is 3.71. The van der Waals surface area contributed by atoms with Crippen molar-refractivity contribution in [1.82, 2.24) is 9.82 Å². The second-order valence-corrected chi connectivity index (χ2v) is 5.58. The third kappa shape index (κ3) is 4.51. The van der Waals surface area contributed by atoms with Gasteiger partial charge in [-0.25, -0.2) is 13.2 Å². The Morgan fingerprint density at radius 2 is 1.95 bits per heavy atom. The number of hydrazone groups is 1. The fraction of sp³-hybridized carbons (Fsp3) is 0.0769. The van der Waals surface area contributed by atoms with Crippen LogP contribution >= 0.6 is 0 Å². The fourth-order valence-corrected chi connectivity index (χ4v) is 2.37. The van der Waals surface area contributed by atoms with Gasteiger partial charge in [-0.2, -0.15) is 5.10 Å². The molecule has 0 aliphatic carbocycles. The van der Waals surface area contributed by atoms with Gasteiger partial charge in [0.15, 0.2) is 0 Å². The van der Waals surface area contributed by atoms with Crippen LogP contribution in [0.15, 0.2) is 60.0 Å². The summed E-state index contributed by atoms with van der Waals surface area (Å²) in [5.41, 5.74) is 1.44. The third-order valence-electron chi connectivity index (χ3n) is 2.29. The molecular weight excluding hydrogens is 262 g/mol. The predicted octanol–water partition coefficient (Wildman–Crippen LogP) is 1.54. The van der Waals surface area contributed by atoms with Crippen LogP contribution in [-0.4, -0.2) is 19.6 Å². The molecule has 5 nitrogen and oxygen atoms in total. The molecule has 0 radical (unpaired) electrons. The fourth-order valence-electron chi connectivity index (χ4n) is 1.46. The number of nitrogens with one attached hydrogen (secondary N) is 1. The van der Waals surface area contributed by atoms with Crippen LogP contribution in [0.25, 0.3) is 0 Å². The number of nitrogens with zero attached hydrogens (tertiary/aromatic N) is 2. The van der Waals surface area contributed by atoms with E-state index in [-0.39, 0.29) is 5.75 Å². The summed E-state index contributed by atoms with van der Waals surface area (Å²) >= 11 is 0. The van der Waals surface area contributed by atoms with E-state index in [4.69, 9.17) is 0 Å². The Balaban J connectivity index is 1.97. The molecule has 0 aliphatic heterocycles. The van der Waals surface area contributed by atoms with Crippen molar-refractivity contribution in [2.75, 3.05) is 0 Å². The van der Waals surface area contributed by atoms with Gasteiger partial charge in [0, 0.05) is 18.0 Å². The van der Waals surface area contributed by atoms with Crippen LogP contribution in [0.3, 0.4) is 0 Å². The van der Waals surface area contributed by atoms with Gasteiger partial charge >= 0.3 is 0 Å². The quantitative estimate of drug-likeness (QED) is 0.664. The number of rotatable bonds is 5. The topological polar surface area (TPSA) is 71.4 Å². The summed E-state index contributed by atoms with van der Waals surface area (Å²) in [7, 11) is -3.47. The lowest BCUT2D eigenvalue weighted by Crippen LogP contribution is -2.20. The average molecular weight is 275 g/mol. The maximum absolute atomic E-state index is 11.7. The SMILES string of the molecule is O=S(=O)(Cc1ccccc1)N/N=C/c1cccnc1. The highest BCUT2D eigenvalue weighted by Gasteiger charge is 2.09. The van der Waals surface area contributed by atoms with Crippen LogP contribution in [0.4, 0.5) is 0 Å². The first-order valence-electron chi connectivity index (χ1n) is 5.62. The molecule has 1 N–H and O–H groups in total. The zero-order valence-corrected chi connectivity index (χ0v) is 10.9. The van der Waals surface area contributed by atoms with Crippen molar-refractivity contribution in [2.45, 2.75) is 5.75 Å². The Labute approximate surface area is 112 Å². The van der Waals surface area contributed by atoms with E-state index >= 15 is 0 Å². The van der Waals surface area contributed by atoms with Crippen molar-refractivity contribution in [3.63, 3.8) is 0 Å². The highest BCUT2D eigenvalue weighted by atomic mass is 32.2. The minimum atomic E-state index is -3.47. The van der Waals surface area contributed by atoms with Gasteiger partial charge in [-0.05, 0) is 11.6 Å². The van der Waals surface area contributed by atoms with Gasteiger partial charge in [-0.3, -0.25) is 4.98 Å². The Hall–Kier alpha value is -2.21. The van der Waals surface area contributed by atoms with E-state index in [2.05, 4.69) is 14.9 Å². The maximum atomic E-state index is 11.7. The Bertz CT molecular complexity index is 640.